The van der Waals surface area contributed by atoms with Gasteiger partial charge in [-0.15, -0.1) is 0 Å². The number of hydrogen-bond acceptors (Lipinski definition) is 12. The number of carbonyl (C=O) groups excluding carboxylic acids is 3. The summed E-state index contributed by atoms with van der Waals surface area (Å²) in [5, 5.41) is 11.1. The van der Waals surface area contributed by atoms with Gasteiger partial charge in [-0.05, 0) is 37.6 Å². The molecule has 1 N–H and O–H groups in total. The Labute approximate surface area is 220 Å². The van der Waals surface area contributed by atoms with E-state index in [4.69, 9.17) is 37.9 Å². The summed E-state index contributed by atoms with van der Waals surface area (Å²) in [6.45, 7) is 4.48. The molecule has 0 bridgehead atoms. The molecule has 12 heteroatoms. The van der Waals surface area contributed by atoms with Gasteiger partial charge in [-0.3, -0.25) is 4.79 Å². The Balaban J connectivity index is 1.84. The van der Waals surface area contributed by atoms with Gasteiger partial charge in [0.25, 0.3) is 0 Å². The fourth-order valence-electron chi connectivity index (χ4n) is 4.56. The largest absolute Gasteiger partial charge is 0.493 e. The van der Waals surface area contributed by atoms with Crippen molar-refractivity contribution in [2.24, 2.45) is 0 Å². The molecule has 1 aliphatic carbocycles. The summed E-state index contributed by atoms with van der Waals surface area (Å²) < 4.78 is 44.1. The van der Waals surface area contributed by atoms with Gasteiger partial charge in [0, 0.05) is 40.1 Å². The van der Waals surface area contributed by atoms with Crippen molar-refractivity contribution >= 4 is 24.0 Å². The molecule has 1 aromatic rings. The Morgan fingerprint density at radius 3 is 2.24 bits per heavy atom. The molecular formula is C26H34O12. The van der Waals surface area contributed by atoms with Crippen molar-refractivity contribution < 1.29 is 57.4 Å². The predicted octanol–water partition coefficient (Wildman–Crippen LogP) is 1.75. The summed E-state index contributed by atoms with van der Waals surface area (Å²) in [6.07, 6.45) is -0.741. The molecule has 0 aromatic heterocycles. The maximum atomic E-state index is 12.8. The first-order chi connectivity index (χ1) is 17.8. The van der Waals surface area contributed by atoms with Gasteiger partial charge in [-0.1, -0.05) is 6.07 Å². The average molecular weight is 539 g/mol. The fourth-order valence-corrected chi connectivity index (χ4v) is 4.56. The van der Waals surface area contributed by atoms with Crippen molar-refractivity contribution in [2.45, 2.75) is 69.1 Å². The van der Waals surface area contributed by atoms with E-state index in [0.29, 0.717) is 11.3 Å². The van der Waals surface area contributed by atoms with Crippen molar-refractivity contribution in [1.82, 2.24) is 0 Å². The molecule has 12 nitrogen and oxygen atoms in total. The fraction of sp³-hybridized carbons (Fsp3) is 0.577. The Hall–Kier alpha value is -3.03. The molecule has 6 atom stereocenters. The number of ether oxygens (including phenoxy) is 8. The second kappa shape index (κ2) is 11.4. The van der Waals surface area contributed by atoms with Gasteiger partial charge in [0.2, 0.25) is 11.6 Å². The van der Waals surface area contributed by atoms with Gasteiger partial charge in [-0.2, -0.15) is 0 Å². The number of aliphatic hydroxyl groups is 1. The van der Waals surface area contributed by atoms with Crippen LogP contribution in [0.5, 0.6) is 11.5 Å². The molecule has 3 rings (SSSR count). The van der Waals surface area contributed by atoms with E-state index in [-0.39, 0.29) is 18.6 Å². The van der Waals surface area contributed by atoms with Crippen molar-refractivity contribution in [2.75, 3.05) is 28.4 Å². The van der Waals surface area contributed by atoms with E-state index in [0.717, 1.165) is 7.11 Å². The lowest BCUT2D eigenvalue weighted by Crippen LogP contribution is -2.71. The molecule has 1 heterocycles. The van der Waals surface area contributed by atoms with Crippen LogP contribution in [0.15, 0.2) is 24.3 Å². The Morgan fingerprint density at radius 2 is 1.66 bits per heavy atom. The van der Waals surface area contributed by atoms with E-state index in [2.05, 4.69) is 0 Å². The van der Waals surface area contributed by atoms with Gasteiger partial charge in [0.1, 0.15) is 12.2 Å². The zero-order chi connectivity index (χ0) is 28.3. The molecule has 1 aliphatic heterocycles. The van der Waals surface area contributed by atoms with E-state index < -0.39 is 53.4 Å². The van der Waals surface area contributed by atoms with Crippen LogP contribution in [0.25, 0.3) is 6.08 Å². The second-order valence-corrected chi connectivity index (χ2v) is 9.28. The summed E-state index contributed by atoms with van der Waals surface area (Å²) >= 11 is 0. The van der Waals surface area contributed by atoms with Crippen molar-refractivity contribution in [3.63, 3.8) is 0 Å². The molecule has 2 aliphatic rings. The lowest BCUT2D eigenvalue weighted by molar-refractivity contribution is -0.460. The minimum atomic E-state index is -2.00. The number of carbonyl (C=O) groups is 3. The van der Waals surface area contributed by atoms with Crippen LogP contribution in [0.1, 0.15) is 39.2 Å². The Bertz CT molecular complexity index is 1090. The monoisotopic (exact) mass is 538 g/mol. The lowest BCUT2D eigenvalue weighted by Gasteiger charge is -2.56. The van der Waals surface area contributed by atoms with Crippen LogP contribution in [-0.4, -0.2) is 86.9 Å². The summed E-state index contributed by atoms with van der Waals surface area (Å²) in [5.41, 5.74) is -1.44. The molecule has 2 fully saturated rings. The van der Waals surface area contributed by atoms with Crippen molar-refractivity contribution in [3.8, 4) is 11.5 Å². The Morgan fingerprint density at radius 1 is 1.00 bits per heavy atom. The smallest absolute Gasteiger partial charge is 0.338 e. The standard InChI is InChI=1S/C26H34O12/c1-15(27)35-17-10-8-16(12-18(17)31-4)9-11-21(28)36-19-13-26(30,23(29)32-5)14-20-22(19)38-25(3,34-7)24(2,33-6)37-20/h8-12,19-20,22,30H,13-14H2,1-7H3/b11-9+/t19-,20-,22-,24+,25+,26+/m1/s1. The highest BCUT2D eigenvalue weighted by molar-refractivity contribution is 5.87. The first-order valence-electron chi connectivity index (χ1n) is 11.9. The molecule has 1 saturated carbocycles. The first kappa shape index (κ1) is 29.5. The number of rotatable bonds is 8. The van der Waals surface area contributed by atoms with Gasteiger partial charge in [0.15, 0.2) is 17.1 Å². The van der Waals surface area contributed by atoms with Crippen LogP contribution in [0.4, 0.5) is 0 Å². The minimum absolute atomic E-state index is 0.179. The molecule has 0 radical (unpaired) electrons. The highest BCUT2D eigenvalue weighted by Gasteiger charge is 2.63. The molecule has 210 valence electrons. The van der Waals surface area contributed by atoms with Crippen molar-refractivity contribution in [1.29, 1.82) is 0 Å². The molecule has 1 saturated heterocycles. The van der Waals surface area contributed by atoms with E-state index >= 15 is 0 Å². The third-order valence-electron chi connectivity index (χ3n) is 6.84. The van der Waals surface area contributed by atoms with E-state index in [1.165, 1.54) is 46.5 Å². The van der Waals surface area contributed by atoms with Crippen LogP contribution in [-0.2, 0) is 42.8 Å². The van der Waals surface area contributed by atoms with Gasteiger partial charge in [0.05, 0.1) is 20.3 Å². The zero-order valence-electron chi connectivity index (χ0n) is 22.5. The quantitative estimate of drug-likeness (QED) is 0.292. The van der Waals surface area contributed by atoms with Crippen LogP contribution in [0.3, 0.4) is 0 Å². The minimum Gasteiger partial charge on any atom is -0.493 e. The number of fused-ring (bicyclic) bond motifs is 1. The van der Waals surface area contributed by atoms with Crippen LogP contribution in [0.2, 0.25) is 0 Å². The molecular weight excluding hydrogens is 504 g/mol. The Kier molecular flexibility index (Phi) is 8.84. The third-order valence-corrected chi connectivity index (χ3v) is 6.84. The highest BCUT2D eigenvalue weighted by Crippen LogP contribution is 2.46. The second-order valence-electron chi connectivity index (χ2n) is 9.28. The molecule has 0 spiro atoms. The lowest BCUT2D eigenvalue weighted by atomic mass is 9.78. The van der Waals surface area contributed by atoms with Gasteiger partial charge in [-0.25, -0.2) is 9.59 Å². The van der Waals surface area contributed by atoms with Gasteiger partial charge < -0.3 is 43.0 Å². The highest BCUT2D eigenvalue weighted by atomic mass is 16.8. The first-order valence-corrected chi connectivity index (χ1v) is 11.9. The van der Waals surface area contributed by atoms with Crippen LogP contribution in [0, 0.1) is 0 Å². The summed E-state index contributed by atoms with van der Waals surface area (Å²) in [6, 6.07) is 4.71. The number of esters is 3. The van der Waals surface area contributed by atoms with E-state index in [1.807, 2.05) is 0 Å². The topological polar surface area (TPSA) is 145 Å². The normalized spacial score (nSPS) is 32.8. The maximum Gasteiger partial charge on any atom is 0.338 e. The molecule has 1 aromatic carbocycles. The number of benzene rings is 1. The molecule has 38 heavy (non-hydrogen) atoms. The molecule has 0 amide bonds. The number of hydrogen-bond donors (Lipinski definition) is 1. The summed E-state index contributed by atoms with van der Waals surface area (Å²) in [7, 11) is 5.39. The molecule has 0 unspecified atom stereocenters. The third kappa shape index (κ3) is 5.84. The maximum absolute atomic E-state index is 12.8. The summed E-state index contributed by atoms with van der Waals surface area (Å²) in [5.74, 6) is -4.44. The van der Waals surface area contributed by atoms with Crippen LogP contribution < -0.4 is 9.47 Å². The van der Waals surface area contributed by atoms with Crippen LogP contribution >= 0.6 is 0 Å². The zero-order valence-corrected chi connectivity index (χ0v) is 22.5. The van der Waals surface area contributed by atoms with E-state index in [1.54, 1.807) is 26.0 Å². The summed E-state index contributed by atoms with van der Waals surface area (Å²) in [4.78, 5) is 36.5. The SMILES string of the molecule is COC(=O)[C@]1(O)C[C@@H](OC(=O)/C=C/c2ccc(OC(C)=O)c(OC)c2)[C@H]2O[C@](C)(OC)[C@@](C)(OC)O[C@@H]2C1. The van der Waals surface area contributed by atoms with Crippen molar-refractivity contribution in [3.05, 3.63) is 29.8 Å². The predicted molar refractivity (Wildman–Crippen MR) is 130 cm³/mol. The average Bonchev–Trinajstić information content (AvgIpc) is 2.88. The van der Waals surface area contributed by atoms with E-state index in [9.17, 15) is 19.5 Å². The van der Waals surface area contributed by atoms with Gasteiger partial charge >= 0.3 is 17.9 Å². The number of methoxy groups -OCH3 is 4.